The highest BCUT2D eigenvalue weighted by atomic mass is 16.1. The number of hydrogen-bond acceptors (Lipinski definition) is 3. The van der Waals surface area contributed by atoms with E-state index in [1.165, 1.54) is 11.1 Å². The fraction of sp³-hybridized carbons (Fsp3) is 0.261. The van der Waals surface area contributed by atoms with E-state index in [1.54, 1.807) is 0 Å². The summed E-state index contributed by atoms with van der Waals surface area (Å²) in [6.45, 7) is 6.30. The number of amides is 1. The molecule has 1 amide bonds. The first kappa shape index (κ1) is 18.8. The third kappa shape index (κ3) is 5.00. The summed E-state index contributed by atoms with van der Waals surface area (Å²) in [5.74, 6) is 0.662. The van der Waals surface area contributed by atoms with E-state index in [1.807, 2.05) is 50.2 Å². The van der Waals surface area contributed by atoms with Crippen LogP contribution in [0.3, 0.4) is 0 Å². The van der Waals surface area contributed by atoms with Gasteiger partial charge in [-0.25, -0.2) is 9.97 Å². The lowest BCUT2D eigenvalue weighted by molar-refractivity contribution is -0.121. The molecule has 1 aromatic heterocycles. The van der Waals surface area contributed by atoms with Gasteiger partial charge < -0.3 is 5.32 Å². The van der Waals surface area contributed by atoms with Gasteiger partial charge in [-0.15, -0.1) is 0 Å². The maximum Gasteiger partial charge on any atom is 0.221 e. The Morgan fingerprint density at radius 2 is 1.56 bits per heavy atom. The predicted molar refractivity (Wildman–Crippen MR) is 107 cm³/mol. The third-order valence-electron chi connectivity index (χ3n) is 4.63. The molecule has 3 rings (SSSR count). The smallest absolute Gasteiger partial charge is 0.221 e. The first-order chi connectivity index (χ1) is 13.0. The van der Waals surface area contributed by atoms with Gasteiger partial charge >= 0.3 is 0 Å². The highest BCUT2D eigenvalue weighted by Crippen LogP contribution is 2.30. The number of benzene rings is 2. The molecule has 138 valence electrons. The second kappa shape index (κ2) is 8.58. The standard InChI is InChI=1S/C23H25N3O/c1-16-9-7-8-12-20(16)21(19-10-5-4-6-11-19)14-23(27)24-15-22-25-17(2)13-18(3)26-22/h4-13,21H,14-15H2,1-3H3,(H,24,27)/t21-/m1/s1. The van der Waals surface area contributed by atoms with Crippen molar-refractivity contribution < 1.29 is 4.79 Å². The number of nitrogens with one attached hydrogen (secondary N) is 1. The minimum atomic E-state index is -0.00475. The Labute approximate surface area is 160 Å². The van der Waals surface area contributed by atoms with Crippen molar-refractivity contribution in [2.75, 3.05) is 0 Å². The van der Waals surface area contributed by atoms with Crippen LogP contribution < -0.4 is 5.32 Å². The fourth-order valence-electron chi connectivity index (χ4n) is 3.38. The zero-order chi connectivity index (χ0) is 19.2. The van der Waals surface area contributed by atoms with Crippen molar-refractivity contribution in [2.24, 2.45) is 0 Å². The van der Waals surface area contributed by atoms with Crippen LogP contribution in [-0.2, 0) is 11.3 Å². The van der Waals surface area contributed by atoms with Crippen molar-refractivity contribution in [3.05, 3.63) is 94.6 Å². The Kier molecular flexibility index (Phi) is 5.97. The van der Waals surface area contributed by atoms with Crippen LogP contribution in [0.2, 0.25) is 0 Å². The van der Waals surface area contributed by atoms with E-state index in [0.717, 1.165) is 17.0 Å². The molecule has 4 nitrogen and oxygen atoms in total. The minimum Gasteiger partial charge on any atom is -0.349 e. The largest absolute Gasteiger partial charge is 0.349 e. The molecule has 3 aromatic rings. The summed E-state index contributed by atoms with van der Waals surface area (Å²) in [6.07, 6.45) is 0.389. The van der Waals surface area contributed by atoms with Crippen LogP contribution >= 0.6 is 0 Å². The Bertz CT molecular complexity index is 902. The number of carbonyl (C=O) groups excluding carboxylic acids is 1. The molecule has 0 aliphatic rings. The number of aryl methyl sites for hydroxylation is 3. The second-order valence-electron chi connectivity index (χ2n) is 6.87. The summed E-state index contributed by atoms with van der Waals surface area (Å²) >= 11 is 0. The summed E-state index contributed by atoms with van der Waals surface area (Å²) in [4.78, 5) is 21.5. The van der Waals surface area contributed by atoms with Crippen molar-refractivity contribution in [1.82, 2.24) is 15.3 Å². The first-order valence-corrected chi connectivity index (χ1v) is 9.21. The van der Waals surface area contributed by atoms with E-state index in [0.29, 0.717) is 18.8 Å². The van der Waals surface area contributed by atoms with E-state index in [9.17, 15) is 4.79 Å². The molecular formula is C23H25N3O. The topological polar surface area (TPSA) is 54.9 Å². The number of carbonyl (C=O) groups is 1. The Balaban J connectivity index is 1.76. The molecule has 0 saturated carbocycles. The molecule has 0 bridgehead atoms. The van der Waals surface area contributed by atoms with Crippen LogP contribution in [-0.4, -0.2) is 15.9 Å². The molecule has 0 spiro atoms. The highest BCUT2D eigenvalue weighted by molar-refractivity contribution is 5.77. The van der Waals surface area contributed by atoms with E-state index in [-0.39, 0.29) is 11.8 Å². The van der Waals surface area contributed by atoms with Crippen LogP contribution in [0.25, 0.3) is 0 Å². The van der Waals surface area contributed by atoms with E-state index in [2.05, 4.69) is 46.5 Å². The molecule has 2 aromatic carbocycles. The molecule has 0 fully saturated rings. The quantitative estimate of drug-likeness (QED) is 0.716. The molecule has 27 heavy (non-hydrogen) atoms. The minimum absolute atomic E-state index is 0.00475. The fourth-order valence-corrected chi connectivity index (χ4v) is 3.38. The number of hydrogen-bond donors (Lipinski definition) is 1. The van der Waals surface area contributed by atoms with Gasteiger partial charge in [0.05, 0.1) is 6.54 Å². The number of aromatic nitrogens is 2. The zero-order valence-corrected chi connectivity index (χ0v) is 16.1. The van der Waals surface area contributed by atoms with Gasteiger partial charge in [0.25, 0.3) is 0 Å². The van der Waals surface area contributed by atoms with Crippen molar-refractivity contribution in [3.8, 4) is 0 Å². The summed E-state index contributed by atoms with van der Waals surface area (Å²) in [6, 6.07) is 20.4. The second-order valence-corrected chi connectivity index (χ2v) is 6.87. The van der Waals surface area contributed by atoms with Crippen molar-refractivity contribution >= 4 is 5.91 Å². The zero-order valence-electron chi connectivity index (χ0n) is 16.1. The van der Waals surface area contributed by atoms with E-state index < -0.39 is 0 Å². The highest BCUT2D eigenvalue weighted by Gasteiger charge is 2.19. The molecule has 1 atom stereocenters. The SMILES string of the molecule is Cc1cc(C)nc(CNC(=O)C[C@H](c2ccccc2)c2ccccc2C)n1. The molecule has 1 N–H and O–H groups in total. The Hall–Kier alpha value is -3.01. The molecule has 0 unspecified atom stereocenters. The lowest BCUT2D eigenvalue weighted by Crippen LogP contribution is -2.26. The van der Waals surface area contributed by atoms with Crippen LogP contribution in [0.5, 0.6) is 0 Å². The average molecular weight is 359 g/mol. The van der Waals surface area contributed by atoms with E-state index in [4.69, 9.17) is 0 Å². The normalized spacial score (nSPS) is 11.8. The van der Waals surface area contributed by atoms with Gasteiger partial charge in [0.2, 0.25) is 5.91 Å². The van der Waals surface area contributed by atoms with Crippen molar-refractivity contribution in [1.29, 1.82) is 0 Å². The van der Waals surface area contributed by atoms with Crippen LogP contribution in [0.4, 0.5) is 0 Å². The molecule has 0 aliphatic carbocycles. The maximum absolute atomic E-state index is 12.7. The summed E-state index contributed by atoms with van der Waals surface area (Å²) in [5, 5.41) is 2.98. The molecule has 0 saturated heterocycles. The van der Waals surface area contributed by atoms with E-state index >= 15 is 0 Å². The molecular weight excluding hydrogens is 334 g/mol. The lowest BCUT2D eigenvalue weighted by atomic mass is 9.86. The molecule has 0 radical (unpaired) electrons. The van der Waals surface area contributed by atoms with Crippen LogP contribution in [0.15, 0.2) is 60.7 Å². The molecule has 1 heterocycles. The summed E-state index contributed by atoms with van der Waals surface area (Å²) < 4.78 is 0. The monoisotopic (exact) mass is 359 g/mol. The van der Waals surface area contributed by atoms with Gasteiger partial charge in [-0.05, 0) is 43.5 Å². The Morgan fingerprint density at radius 3 is 2.22 bits per heavy atom. The summed E-state index contributed by atoms with van der Waals surface area (Å²) in [7, 11) is 0. The summed E-state index contributed by atoms with van der Waals surface area (Å²) in [5.41, 5.74) is 5.34. The van der Waals surface area contributed by atoms with Gasteiger partial charge in [-0.1, -0.05) is 54.6 Å². The Morgan fingerprint density at radius 1 is 0.926 bits per heavy atom. The molecule has 4 heteroatoms. The molecule has 0 aliphatic heterocycles. The predicted octanol–water partition coefficient (Wildman–Crippen LogP) is 4.24. The van der Waals surface area contributed by atoms with Crippen molar-refractivity contribution in [3.63, 3.8) is 0 Å². The van der Waals surface area contributed by atoms with Gasteiger partial charge in [0.1, 0.15) is 5.82 Å². The van der Waals surface area contributed by atoms with Crippen LogP contribution in [0, 0.1) is 20.8 Å². The van der Waals surface area contributed by atoms with Crippen molar-refractivity contribution in [2.45, 2.75) is 39.7 Å². The van der Waals surface area contributed by atoms with Gasteiger partial charge in [0, 0.05) is 23.7 Å². The van der Waals surface area contributed by atoms with Gasteiger partial charge in [0.15, 0.2) is 0 Å². The average Bonchev–Trinajstić information content (AvgIpc) is 2.65. The number of nitrogens with zero attached hydrogens (tertiary/aromatic N) is 2. The maximum atomic E-state index is 12.7. The third-order valence-corrected chi connectivity index (χ3v) is 4.63. The van der Waals surface area contributed by atoms with Crippen LogP contribution in [0.1, 0.15) is 46.2 Å². The van der Waals surface area contributed by atoms with Gasteiger partial charge in [-0.2, -0.15) is 0 Å². The lowest BCUT2D eigenvalue weighted by Gasteiger charge is -2.20. The van der Waals surface area contributed by atoms with Gasteiger partial charge in [-0.3, -0.25) is 4.79 Å². The first-order valence-electron chi connectivity index (χ1n) is 9.21. The number of rotatable bonds is 6.